The minimum Gasteiger partial charge on any atom is -0.748 e. The zero-order valence-electron chi connectivity index (χ0n) is 13.0. The standard InChI is InChI=1S/C14H25N.CH4O3S/c1-3-4-5-6-7-8-9-11-15-12-10-14(2)13-15;1-5(2,3)4/h10,12-13H,3-9,11H2,1-2H3;1H3,(H,2,3,4). The van der Waals surface area contributed by atoms with E-state index in [9.17, 15) is 0 Å². The fraction of sp³-hybridized carbons (Fsp3) is 0.733. The molecule has 0 aliphatic carbocycles. The summed E-state index contributed by atoms with van der Waals surface area (Å²) in [4.78, 5) is 1.53. The second kappa shape index (κ2) is 11.1. The van der Waals surface area contributed by atoms with Crippen molar-refractivity contribution in [2.24, 2.45) is 0 Å². The maximum Gasteiger partial charge on any atom is 0.102 e. The van der Waals surface area contributed by atoms with Gasteiger partial charge in [-0.1, -0.05) is 39.0 Å². The van der Waals surface area contributed by atoms with Gasteiger partial charge in [0, 0.05) is 11.8 Å². The Hall–Kier alpha value is -0.650. The van der Waals surface area contributed by atoms with Gasteiger partial charge in [-0.15, -0.1) is 0 Å². The first kappa shape index (κ1) is 19.4. The van der Waals surface area contributed by atoms with Crippen LogP contribution in [0.2, 0.25) is 0 Å². The Morgan fingerprint density at radius 1 is 1.10 bits per heavy atom. The zero-order valence-corrected chi connectivity index (χ0v) is 13.8. The van der Waals surface area contributed by atoms with Gasteiger partial charge in [0.15, 0.2) is 0 Å². The van der Waals surface area contributed by atoms with Crippen molar-refractivity contribution in [1.82, 2.24) is 0 Å². The Labute approximate surface area is 124 Å². The molecule has 0 aromatic heterocycles. The molecule has 1 aliphatic heterocycles. The van der Waals surface area contributed by atoms with Crippen LogP contribution >= 0.6 is 0 Å². The topological polar surface area (TPSA) is 61.6 Å². The quantitative estimate of drug-likeness (QED) is 0.552. The summed E-state index contributed by atoms with van der Waals surface area (Å²) >= 11 is 0. The van der Waals surface area contributed by atoms with Gasteiger partial charge >= 0.3 is 0 Å². The lowest BCUT2D eigenvalue weighted by Crippen LogP contribution is -3.01. The number of hydrogen-bond donors (Lipinski definition) is 1. The summed E-state index contributed by atoms with van der Waals surface area (Å²) in [5, 5.41) is 0. The van der Waals surface area contributed by atoms with Gasteiger partial charge in [-0.05, 0) is 25.8 Å². The van der Waals surface area contributed by atoms with Crippen LogP contribution in [0.5, 0.6) is 0 Å². The molecule has 0 bridgehead atoms. The molecule has 1 unspecified atom stereocenters. The van der Waals surface area contributed by atoms with E-state index < -0.39 is 10.1 Å². The van der Waals surface area contributed by atoms with Crippen molar-refractivity contribution in [1.29, 1.82) is 0 Å². The summed E-state index contributed by atoms with van der Waals surface area (Å²) in [5.74, 6) is 0. The first-order valence-corrected chi connectivity index (χ1v) is 9.27. The first-order valence-electron chi connectivity index (χ1n) is 7.46. The number of hydrogen-bond acceptors (Lipinski definition) is 3. The van der Waals surface area contributed by atoms with Crippen molar-refractivity contribution in [2.45, 2.75) is 58.8 Å². The molecule has 0 saturated carbocycles. The fourth-order valence-electron chi connectivity index (χ4n) is 2.07. The average Bonchev–Trinajstić information content (AvgIpc) is 2.72. The Morgan fingerprint density at radius 3 is 2.05 bits per heavy atom. The third-order valence-corrected chi connectivity index (χ3v) is 3.04. The van der Waals surface area contributed by atoms with Crippen LogP contribution in [0.3, 0.4) is 0 Å². The van der Waals surface area contributed by atoms with Crippen LogP contribution in [0.25, 0.3) is 0 Å². The van der Waals surface area contributed by atoms with Crippen LogP contribution in [-0.4, -0.2) is 25.8 Å². The van der Waals surface area contributed by atoms with Crippen LogP contribution in [0, 0.1) is 0 Å². The highest BCUT2D eigenvalue weighted by molar-refractivity contribution is 7.84. The molecule has 0 radical (unpaired) electrons. The van der Waals surface area contributed by atoms with E-state index in [0.29, 0.717) is 6.26 Å². The Balaban J connectivity index is 0.000000621. The van der Waals surface area contributed by atoms with Crippen molar-refractivity contribution in [3.8, 4) is 0 Å². The highest BCUT2D eigenvalue weighted by Gasteiger charge is 2.06. The minimum atomic E-state index is -3.92. The van der Waals surface area contributed by atoms with Crippen LogP contribution < -0.4 is 4.90 Å². The van der Waals surface area contributed by atoms with Gasteiger partial charge in [-0.3, -0.25) is 4.90 Å². The van der Waals surface area contributed by atoms with Gasteiger partial charge in [0.1, 0.15) is 6.20 Å². The van der Waals surface area contributed by atoms with E-state index in [1.54, 1.807) is 0 Å². The summed E-state index contributed by atoms with van der Waals surface area (Å²) < 4.78 is 27.2. The maximum atomic E-state index is 9.08. The van der Waals surface area contributed by atoms with Gasteiger partial charge in [-0.25, -0.2) is 8.42 Å². The number of allylic oxidation sites excluding steroid dienone is 2. The molecule has 1 heterocycles. The van der Waals surface area contributed by atoms with Crippen molar-refractivity contribution < 1.29 is 17.9 Å². The average molecular weight is 303 g/mol. The van der Waals surface area contributed by atoms with Gasteiger partial charge < -0.3 is 4.55 Å². The van der Waals surface area contributed by atoms with Gasteiger partial charge in [0.2, 0.25) is 0 Å². The van der Waals surface area contributed by atoms with E-state index in [1.807, 2.05) is 0 Å². The third-order valence-electron chi connectivity index (χ3n) is 3.04. The predicted octanol–water partition coefficient (Wildman–Crippen LogP) is 2.21. The van der Waals surface area contributed by atoms with Gasteiger partial charge in [-0.2, -0.15) is 0 Å². The molecule has 4 nitrogen and oxygen atoms in total. The molecule has 1 atom stereocenters. The Kier molecular flexibility index (Phi) is 10.7. The molecule has 0 amide bonds. The summed E-state index contributed by atoms with van der Waals surface area (Å²) in [6.07, 6.45) is 17.3. The molecule has 0 fully saturated rings. The van der Waals surface area contributed by atoms with Crippen LogP contribution in [0.1, 0.15) is 58.8 Å². The fourth-order valence-corrected chi connectivity index (χ4v) is 2.07. The Bertz CT molecular complexity index is 391. The van der Waals surface area contributed by atoms with Crippen LogP contribution in [0.15, 0.2) is 24.0 Å². The summed E-state index contributed by atoms with van der Waals surface area (Å²) in [7, 11) is -3.92. The van der Waals surface area contributed by atoms with Crippen molar-refractivity contribution in [3.05, 3.63) is 24.0 Å². The largest absolute Gasteiger partial charge is 0.748 e. The highest BCUT2D eigenvalue weighted by atomic mass is 32.2. The molecule has 1 rings (SSSR count). The van der Waals surface area contributed by atoms with E-state index >= 15 is 0 Å². The van der Waals surface area contributed by atoms with Crippen LogP contribution in [0.4, 0.5) is 0 Å². The molecule has 0 aromatic rings. The first-order chi connectivity index (χ1) is 9.33. The summed E-state index contributed by atoms with van der Waals surface area (Å²) in [5.41, 5.74) is 1.41. The van der Waals surface area contributed by atoms with Crippen molar-refractivity contribution in [3.63, 3.8) is 0 Å². The molecule has 0 saturated heterocycles. The third kappa shape index (κ3) is 15.4. The highest BCUT2D eigenvalue weighted by Crippen LogP contribution is 2.06. The molecule has 1 N–H and O–H groups in total. The molecule has 0 spiro atoms. The predicted molar refractivity (Wildman–Crippen MR) is 82.3 cm³/mol. The van der Waals surface area contributed by atoms with E-state index in [-0.39, 0.29) is 0 Å². The smallest absolute Gasteiger partial charge is 0.102 e. The number of quaternary nitrogens is 1. The van der Waals surface area contributed by atoms with Crippen LogP contribution in [-0.2, 0) is 10.1 Å². The van der Waals surface area contributed by atoms with E-state index in [4.69, 9.17) is 13.0 Å². The minimum absolute atomic E-state index is 0.604. The molecule has 118 valence electrons. The molecule has 5 heteroatoms. The summed E-state index contributed by atoms with van der Waals surface area (Å²) in [6.45, 7) is 5.73. The number of nitrogens with one attached hydrogen (secondary N) is 1. The number of rotatable bonds is 8. The summed E-state index contributed by atoms with van der Waals surface area (Å²) in [6, 6.07) is 0. The van der Waals surface area contributed by atoms with Crippen molar-refractivity contribution in [2.75, 3.05) is 12.8 Å². The lowest BCUT2D eigenvalue weighted by Gasteiger charge is -2.06. The van der Waals surface area contributed by atoms with E-state index in [0.717, 1.165) is 0 Å². The van der Waals surface area contributed by atoms with Gasteiger partial charge in [0.05, 0.1) is 22.9 Å². The number of unbranched alkanes of at least 4 members (excludes halogenated alkanes) is 6. The monoisotopic (exact) mass is 303 g/mol. The molecule has 0 aromatic carbocycles. The second-order valence-corrected chi connectivity index (χ2v) is 6.78. The molecule has 20 heavy (non-hydrogen) atoms. The lowest BCUT2D eigenvalue weighted by molar-refractivity contribution is -0.788. The normalized spacial score (nSPS) is 17.6. The SMILES string of the molecule is CCCCCCCCC[NH+]1C=CC(C)=C1.CS(=O)(=O)[O-]. The Morgan fingerprint density at radius 2 is 1.60 bits per heavy atom. The lowest BCUT2D eigenvalue weighted by atomic mass is 10.1. The molecular weight excluding hydrogens is 274 g/mol. The second-order valence-electron chi connectivity index (χ2n) is 5.37. The van der Waals surface area contributed by atoms with Gasteiger partial charge in [0.25, 0.3) is 0 Å². The maximum absolute atomic E-state index is 9.08. The zero-order chi connectivity index (χ0) is 15.4. The molecule has 1 aliphatic rings. The van der Waals surface area contributed by atoms with E-state index in [2.05, 4.69) is 32.3 Å². The molecular formula is C15H29NO3S. The van der Waals surface area contributed by atoms with E-state index in [1.165, 1.54) is 62.0 Å². The van der Waals surface area contributed by atoms with Crippen molar-refractivity contribution >= 4 is 10.1 Å².